The zero-order valence-corrected chi connectivity index (χ0v) is 24.6. The summed E-state index contributed by atoms with van der Waals surface area (Å²) in [5.41, 5.74) is 3.14. The van der Waals surface area contributed by atoms with Crippen LogP contribution in [0.25, 0.3) is 0 Å². The van der Waals surface area contributed by atoms with Crippen LogP contribution in [0.2, 0.25) is 5.02 Å². The zero-order chi connectivity index (χ0) is 30.3. The molecule has 1 fully saturated rings. The van der Waals surface area contributed by atoms with Gasteiger partial charge in [-0.05, 0) is 53.6 Å². The third-order valence-corrected chi connectivity index (χ3v) is 7.48. The number of hydrogen-bond acceptors (Lipinski definition) is 6. The number of piperazine rings is 1. The van der Waals surface area contributed by atoms with Crippen molar-refractivity contribution >= 4 is 51.2 Å². The number of benzene rings is 3. The maximum absolute atomic E-state index is 13.1. The molecule has 4 rings (SSSR count). The second-order valence-corrected chi connectivity index (χ2v) is 10.9. The van der Waals surface area contributed by atoms with Gasteiger partial charge in [0, 0.05) is 49.3 Å². The number of halogens is 5. The predicted octanol–water partition coefficient (Wildman–Crippen LogP) is 5.25. The summed E-state index contributed by atoms with van der Waals surface area (Å²) in [5.74, 6) is -1.10. The highest BCUT2D eigenvalue weighted by molar-refractivity contribution is 9.10. The van der Waals surface area contributed by atoms with Gasteiger partial charge in [-0.3, -0.25) is 19.4 Å². The molecule has 3 aromatic carbocycles. The molecule has 0 atom stereocenters. The summed E-state index contributed by atoms with van der Waals surface area (Å²) in [7, 11) is 0. The maximum Gasteiger partial charge on any atom is 0.417 e. The van der Waals surface area contributed by atoms with E-state index in [9.17, 15) is 22.8 Å². The van der Waals surface area contributed by atoms with Gasteiger partial charge in [-0.2, -0.15) is 18.3 Å². The summed E-state index contributed by atoms with van der Waals surface area (Å²) in [5, 5.41) is 15.2. The minimum atomic E-state index is -4.63. The molecule has 0 saturated carbocycles. The van der Waals surface area contributed by atoms with E-state index in [1.807, 2.05) is 12.1 Å². The Hall–Kier alpha value is -3.29. The van der Waals surface area contributed by atoms with Gasteiger partial charge in [0.2, 0.25) is 0 Å². The van der Waals surface area contributed by atoms with Crippen molar-refractivity contribution in [2.24, 2.45) is 5.10 Å². The molecule has 222 valence electrons. The normalized spacial score (nSPS) is 14.7. The molecule has 3 N–H and O–H groups in total. The van der Waals surface area contributed by atoms with E-state index in [1.165, 1.54) is 12.1 Å². The highest BCUT2D eigenvalue weighted by Gasteiger charge is 2.33. The summed E-state index contributed by atoms with van der Waals surface area (Å²) in [6.07, 6.45) is -3.57. The Labute approximate surface area is 254 Å². The van der Waals surface area contributed by atoms with Gasteiger partial charge in [-0.25, -0.2) is 5.43 Å². The van der Waals surface area contributed by atoms with E-state index in [-0.39, 0.29) is 23.4 Å². The van der Waals surface area contributed by atoms with E-state index >= 15 is 0 Å². The van der Waals surface area contributed by atoms with Gasteiger partial charge in [0.05, 0.1) is 34.7 Å². The second kappa shape index (κ2) is 14.3. The van der Waals surface area contributed by atoms with Crippen molar-refractivity contribution in [1.29, 1.82) is 0 Å². The third-order valence-electron chi connectivity index (χ3n) is 6.65. The fraction of sp³-hybridized carbons (Fsp3) is 0.276. The first-order chi connectivity index (χ1) is 20.0. The fourth-order valence-corrected chi connectivity index (χ4v) is 4.99. The maximum atomic E-state index is 13.1. The number of alkyl halides is 3. The van der Waals surface area contributed by atoms with Crippen molar-refractivity contribution in [2.45, 2.75) is 12.7 Å². The molecule has 13 heteroatoms. The lowest BCUT2D eigenvalue weighted by molar-refractivity contribution is -0.137. The Bertz CT molecular complexity index is 1450. The molecule has 2 amide bonds. The van der Waals surface area contributed by atoms with Crippen molar-refractivity contribution in [1.82, 2.24) is 15.2 Å². The number of anilines is 1. The Morgan fingerprint density at radius 3 is 2.33 bits per heavy atom. The van der Waals surface area contributed by atoms with Crippen LogP contribution in [0.3, 0.4) is 0 Å². The molecule has 1 aliphatic heterocycles. The molecule has 0 unspecified atom stereocenters. The molecule has 1 aliphatic rings. The van der Waals surface area contributed by atoms with E-state index in [2.05, 4.69) is 41.6 Å². The summed E-state index contributed by atoms with van der Waals surface area (Å²) < 4.78 is 39.9. The molecule has 0 bridgehead atoms. The summed E-state index contributed by atoms with van der Waals surface area (Å²) in [4.78, 5) is 30.4. The van der Waals surface area contributed by atoms with Gasteiger partial charge in [0.15, 0.2) is 0 Å². The number of nitrogens with zero attached hydrogens (tertiary/aromatic N) is 3. The number of carbonyl (C=O) groups is 2. The van der Waals surface area contributed by atoms with Crippen LogP contribution in [0.1, 0.15) is 37.4 Å². The lowest BCUT2D eigenvalue weighted by Gasteiger charge is -2.34. The van der Waals surface area contributed by atoms with Crippen LogP contribution in [0.15, 0.2) is 70.2 Å². The lowest BCUT2D eigenvalue weighted by atomic mass is 10.1. The highest BCUT2D eigenvalue weighted by atomic mass is 79.9. The average Bonchev–Trinajstić information content (AvgIpc) is 2.95. The standard InChI is InChI=1S/C29H28BrClF3N5O3/c30-22-6-8-26(23(16-22)28(42)37-35-17-20-3-7-25(31)24(15-20)29(32,33)34)36-27(41)21-4-1-19(2-5-21)18-39-11-9-38(10-12-39)13-14-40/h1-8,15-17,40H,9-14,18H2,(H,36,41)(H,37,42)/b35-17+. The molecule has 42 heavy (non-hydrogen) atoms. The fourth-order valence-electron chi connectivity index (χ4n) is 4.41. The van der Waals surface area contributed by atoms with Gasteiger partial charge in [-0.15, -0.1) is 0 Å². The summed E-state index contributed by atoms with van der Waals surface area (Å²) >= 11 is 8.95. The van der Waals surface area contributed by atoms with E-state index in [0.29, 0.717) is 16.6 Å². The molecule has 3 aromatic rings. The predicted molar refractivity (Wildman–Crippen MR) is 159 cm³/mol. The van der Waals surface area contributed by atoms with E-state index in [4.69, 9.17) is 16.7 Å². The molecule has 0 radical (unpaired) electrons. The van der Waals surface area contributed by atoms with Crippen LogP contribution in [0.4, 0.5) is 18.9 Å². The van der Waals surface area contributed by atoms with Crippen molar-refractivity contribution in [2.75, 3.05) is 44.6 Å². The number of rotatable bonds is 9. The SMILES string of the molecule is O=C(Nc1ccc(Br)cc1C(=O)N/N=C/c1ccc(Cl)c(C(F)(F)F)c1)c1ccc(CN2CCN(CCO)CC2)cc1. The minimum absolute atomic E-state index is 0.0854. The molecule has 1 saturated heterocycles. The minimum Gasteiger partial charge on any atom is -0.395 e. The van der Waals surface area contributed by atoms with Crippen LogP contribution < -0.4 is 10.7 Å². The van der Waals surface area contributed by atoms with Crippen LogP contribution in [0, 0.1) is 0 Å². The number of amides is 2. The molecule has 0 spiro atoms. The van der Waals surface area contributed by atoms with Crippen molar-refractivity contribution < 1.29 is 27.9 Å². The molecule has 1 heterocycles. The Morgan fingerprint density at radius 2 is 1.67 bits per heavy atom. The molecular formula is C29H28BrClF3N5O3. The first-order valence-electron chi connectivity index (χ1n) is 13.0. The van der Waals surface area contributed by atoms with Crippen molar-refractivity contribution in [3.8, 4) is 0 Å². The summed E-state index contributed by atoms with van der Waals surface area (Å²) in [6.45, 7) is 5.18. The topological polar surface area (TPSA) is 97.3 Å². The van der Waals surface area contributed by atoms with Gasteiger partial charge in [0.25, 0.3) is 11.8 Å². The molecule has 8 nitrogen and oxygen atoms in total. The zero-order valence-electron chi connectivity index (χ0n) is 22.3. The van der Waals surface area contributed by atoms with Crippen LogP contribution in [-0.2, 0) is 12.7 Å². The number of hydrazone groups is 1. The number of nitrogens with one attached hydrogen (secondary N) is 2. The van der Waals surface area contributed by atoms with Gasteiger partial charge < -0.3 is 10.4 Å². The van der Waals surface area contributed by atoms with E-state index < -0.39 is 28.6 Å². The number of aliphatic hydroxyl groups excluding tert-OH is 1. The van der Waals surface area contributed by atoms with Crippen molar-refractivity contribution in [3.05, 3.63) is 98.0 Å². The molecule has 0 aliphatic carbocycles. The highest BCUT2D eigenvalue weighted by Crippen LogP contribution is 2.34. The first-order valence-corrected chi connectivity index (χ1v) is 14.2. The molecular weight excluding hydrogens is 639 g/mol. The Morgan fingerprint density at radius 1 is 0.976 bits per heavy atom. The average molecular weight is 667 g/mol. The largest absolute Gasteiger partial charge is 0.417 e. The third kappa shape index (κ3) is 8.62. The molecule has 0 aromatic heterocycles. The summed E-state index contributed by atoms with van der Waals surface area (Å²) in [6, 6.07) is 15.2. The monoisotopic (exact) mass is 665 g/mol. The number of hydrogen-bond donors (Lipinski definition) is 3. The van der Waals surface area contributed by atoms with Gasteiger partial charge in [0.1, 0.15) is 0 Å². The number of aliphatic hydroxyl groups is 1. The first kappa shape index (κ1) is 31.6. The smallest absolute Gasteiger partial charge is 0.395 e. The number of carbonyl (C=O) groups excluding carboxylic acids is 2. The van der Waals surface area contributed by atoms with Gasteiger partial charge in [-0.1, -0.05) is 45.7 Å². The Kier molecular flexibility index (Phi) is 10.7. The van der Waals surface area contributed by atoms with E-state index in [1.54, 1.807) is 24.3 Å². The Balaban J connectivity index is 1.38. The quantitative estimate of drug-likeness (QED) is 0.214. The second-order valence-electron chi connectivity index (χ2n) is 9.62. The lowest BCUT2D eigenvalue weighted by Crippen LogP contribution is -2.46. The number of β-amino-alcohol motifs (C(OH)–C–C–N with tert-alkyl or cyclic N) is 1. The van der Waals surface area contributed by atoms with E-state index in [0.717, 1.165) is 56.6 Å². The van der Waals surface area contributed by atoms with Crippen LogP contribution in [-0.4, -0.2) is 72.3 Å². The van der Waals surface area contributed by atoms with Crippen LogP contribution in [0.5, 0.6) is 0 Å². The van der Waals surface area contributed by atoms with Crippen LogP contribution >= 0.6 is 27.5 Å². The van der Waals surface area contributed by atoms with Crippen molar-refractivity contribution in [3.63, 3.8) is 0 Å². The van der Waals surface area contributed by atoms with Gasteiger partial charge >= 0.3 is 6.18 Å².